The van der Waals surface area contributed by atoms with Crippen LogP contribution >= 0.6 is 0 Å². The quantitative estimate of drug-likeness (QED) is 0.0695. The monoisotopic (exact) mass is 795 g/mol. The molecule has 18 nitrogen and oxygen atoms in total. The lowest BCUT2D eigenvalue weighted by atomic mass is 10.1. The van der Waals surface area contributed by atoms with E-state index in [0.29, 0.717) is 38.6 Å². The van der Waals surface area contributed by atoms with Gasteiger partial charge in [-0.25, -0.2) is 0 Å². The van der Waals surface area contributed by atoms with Crippen LogP contribution < -0.4 is 28.7 Å². The van der Waals surface area contributed by atoms with Crippen LogP contribution in [0.15, 0.2) is 105 Å². The zero-order chi connectivity index (χ0) is 39.1. The molecule has 15 N–H and O–H groups in total. The van der Waals surface area contributed by atoms with Crippen molar-refractivity contribution in [3.8, 4) is 5.75 Å². The summed E-state index contributed by atoms with van der Waals surface area (Å²) in [4.78, 5) is -1.79. The molecule has 0 heterocycles. The van der Waals surface area contributed by atoms with E-state index in [0.717, 1.165) is 18.2 Å². The van der Waals surface area contributed by atoms with Crippen molar-refractivity contribution >= 4 is 101 Å². The second kappa shape index (κ2) is 13.9. The molecule has 0 aliphatic heterocycles. The lowest BCUT2D eigenvalue weighted by Crippen LogP contribution is -2.06. The largest absolute Gasteiger partial charge is 0.505 e. The van der Waals surface area contributed by atoms with Gasteiger partial charge in [-0.15, -0.1) is 0 Å². The summed E-state index contributed by atoms with van der Waals surface area (Å²) < 4.78 is 125. The Morgan fingerprint density at radius 3 is 1.52 bits per heavy atom. The molecule has 6 aromatic carbocycles. The number of benzene rings is 6. The molecule has 0 aliphatic rings. The van der Waals surface area contributed by atoms with Crippen LogP contribution in [0.3, 0.4) is 0 Å². The fourth-order valence-electron chi connectivity index (χ4n) is 4.92. The van der Waals surface area contributed by atoms with Gasteiger partial charge in [-0.2, -0.15) is 33.7 Å². The van der Waals surface area contributed by atoms with E-state index in [4.69, 9.17) is 46.9 Å². The number of rotatable bonds is 4. The number of fused-ring (bicyclic) bond motifs is 3. The van der Waals surface area contributed by atoms with E-state index in [1.165, 1.54) is 24.3 Å². The Kier molecular flexibility index (Phi) is 10.5. The van der Waals surface area contributed by atoms with Gasteiger partial charge in [0.15, 0.2) is 0 Å². The maximum atomic E-state index is 11.2. The molecule has 0 saturated heterocycles. The van der Waals surface area contributed by atoms with Gasteiger partial charge in [0.05, 0.1) is 16.3 Å². The van der Waals surface area contributed by atoms with Gasteiger partial charge in [0.2, 0.25) is 0 Å². The van der Waals surface area contributed by atoms with Crippen molar-refractivity contribution in [1.82, 2.24) is 0 Å². The molecule has 0 aromatic heterocycles. The smallest absolute Gasteiger partial charge is 0.296 e. The summed E-state index contributed by atoms with van der Waals surface area (Å²) in [6.45, 7) is 0. The highest BCUT2D eigenvalue weighted by Crippen LogP contribution is 2.40. The molecule has 0 radical (unpaired) electrons. The van der Waals surface area contributed by atoms with E-state index < -0.39 is 67.4 Å². The second-order valence-electron chi connectivity index (χ2n) is 10.8. The van der Waals surface area contributed by atoms with Crippen molar-refractivity contribution in [2.75, 3.05) is 28.7 Å². The molecule has 6 aromatic rings. The first-order valence-corrected chi connectivity index (χ1v) is 19.7. The molecule has 0 spiro atoms. The lowest BCUT2D eigenvalue weighted by Gasteiger charge is -2.12. The van der Waals surface area contributed by atoms with Crippen molar-refractivity contribution in [3.05, 3.63) is 84.9 Å². The Bertz CT molecular complexity index is 2870. The van der Waals surface area contributed by atoms with Gasteiger partial charge < -0.3 is 33.8 Å². The number of phenols is 1. The van der Waals surface area contributed by atoms with E-state index in [1.807, 2.05) is 0 Å². The highest BCUT2D eigenvalue weighted by Gasteiger charge is 2.23. The topological polar surface area (TPSA) is 368 Å². The number of nitrogen functional groups attached to an aromatic ring is 5. The third kappa shape index (κ3) is 8.35. The van der Waals surface area contributed by atoms with Crippen molar-refractivity contribution in [1.29, 1.82) is 0 Å². The number of hydrogen-bond donors (Lipinski definition) is 10. The maximum absolute atomic E-state index is 11.2. The average molecular weight is 796 g/mol. The molecule has 22 heteroatoms. The molecule has 276 valence electrons. The summed E-state index contributed by atoms with van der Waals surface area (Å²) in [5.41, 5.74) is 28.3. The average Bonchev–Trinajstić information content (AvgIpc) is 3.03. The van der Waals surface area contributed by atoms with Crippen LogP contribution in [-0.4, -0.2) is 57.0 Å². The molecule has 6 rings (SSSR count). The Labute approximate surface area is 296 Å². The lowest BCUT2D eigenvalue weighted by molar-refractivity contribution is 0.473. The summed E-state index contributed by atoms with van der Waals surface area (Å²) in [7, 11) is -17.8. The third-order valence-electron chi connectivity index (χ3n) is 7.35. The van der Waals surface area contributed by atoms with Crippen LogP contribution in [0.25, 0.3) is 32.3 Å². The molecule has 0 unspecified atom stereocenters. The van der Waals surface area contributed by atoms with Crippen molar-refractivity contribution < 1.29 is 57.0 Å². The predicted octanol–water partition coefficient (Wildman–Crippen LogP) is 3.12. The summed E-state index contributed by atoms with van der Waals surface area (Å²) >= 11 is 0. The van der Waals surface area contributed by atoms with Crippen LogP contribution in [0.5, 0.6) is 5.75 Å². The van der Waals surface area contributed by atoms with Gasteiger partial charge in [-0.3, -0.25) is 18.2 Å². The number of aromatic hydroxyl groups is 1. The number of nitrogens with two attached hydrogens (primary N) is 5. The molecular weight excluding hydrogens is 767 g/mol. The first kappa shape index (κ1) is 39.3. The van der Waals surface area contributed by atoms with E-state index in [-0.39, 0.29) is 20.6 Å². The van der Waals surface area contributed by atoms with E-state index >= 15 is 0 Å². The van der Waals surface area contributed by atoms with Crippen LogP contribution in [-0.2, 0) is 40.5 Å². The van der Waals surface area contributed by atoms with Gasteiger partial charge in [0, 0.05) is 44.0 Å². The minimum atomic E-state index is -4.77. The summed E-state index contributed by atoms with van der Waals surface area (Å²) in [5.74, 6) is -0.686. The van der Waals surface area contributed by atoms with Crippen LogP contribution in [0.1, 0.15) is 0 Å². The zero-order valence-corrected chi connectivity index (χ0v) is 29.4. The number of anilines is 5. The minimum absolute atomic E-state index is 0.0372. The van der Waals surface area contributed by atoms with Gasteiger partial charge >= 0.3 is 0 Å². The molecule has 0 amide bonds. The second-order valence-corrected chi connectivity index (χ2v) is 16.4. The summed E-state index contributed by atoms with van der Waals surface area (Å²) in [5, 5.41) is 11.9. The molecule has 0 aliphatic carbocycles. The van der Waals surface area contributed by atoms with Gasteiger partial charge in [-0.1, -0.05) is 24.3 Å². The highest BCUT2D eigenvalue weighted by molar-refractivity contribution is 7.86. The van der Waals surface area contributed by atoms with Crippen LogP contribution in [0.4, 0.5) is 28.4 Å². The Hall–Kier alpha value is -5.46. The fourth-order valence-corrected chi connectivity index (χ4v) is 7.41. The first-order chi connectivity index (χ1) is 23.8. The summed E-state index contributed by atoms with van der Waals surface area (Å²) in [6.07, 6.45) is 0. The molecule has 0 saturated carbocycles. The third-order valence-corrected chi connectivity index (χ3v) is 10.9. The molecule has 52 heavy (non-hydrogen) atoms. The Morgan fingerprint density at radius 1 is 0.423 bits per heavy atom. The molecular formula is C30H29N5O13S4. The molecule has 0 atom stereocenters. The maximum Gasteiger partial charge on any atom is 0.296 e. The predicted molar refractivity (Wildman–Crippen MR) is 195 cm³/mol. The standard InChI is InChI=1S/C10H10N2O7S2.C10H10N2O3S.C10H9NO3S/c11-8-5-3-7(21(17,18)19)9(12)10(13)4(5)1-2-6(8)20(14,15)16;11-9-3-4-10(12)8-5-6(16(13,14)15)1-2-7(8)9;11-8-4-5-9-7(6-8)2-1-3-10(9)15(12,13)14/h1-3,13H,11-12H2,(H,14,15,16)(H,17,18,19);1-5H,11-12H2,(H,13,14,15);1-6H,11H2,(H,12,13,14). The van der Waals surface area contributed by atoms with Crippen molar-refractivity contribution in [2.24, 2.45) is 0 Å². The Morgan fingerprint density at radius 2 is 0.962 bits per heavy atom. The van der Waals surface area contributed by atoms with Gasteiger partial charge in [0.1, 0.15) is 20.4 Å². The van der Waals surface area contributed by atoms with Crippen molar-refractivity contribution in [3.63, 3.8) is 0 Å². The SMILES string of the molecule is Nc1c(S(=O)(=O)O)cc2c(N)c(S(=O)(=O)O)ccc2c1O.Nc1ccc(N)c2cc(S(=O)(=O)O)ccc12.Nc1ccc2c(S(=O)(=O)O)cccc2c1. The van der Waals surface area contributed by atoms with Gasteiger partial charge in [-0.05, 0) is 66.0 Å². The zero-order valence-electron chi connectivity index (χ0n) is 26.1. The fraction of sp³-hybridized carbons (Fsp3) is 0. The van der Waals surface area contributed by atoms with E-state index in [9.17, 15) is 38.8 Å². The van der Waals surface area contributed by atoms with Gasteiger partial charge in [0.25, 0.3) is 40.5 Å². The van der Waals surface area contributed by atoms with Crippen LogP contribution in [0.2, 0.25) is 0 Å². The summed E-state index contributed by atoms with van der Waals surface area (Å²) in [6, 6.07) is 19.6. The highest BCUT2D eigenvalue weighted by atomic mass is 32.2. The van der Waals surface area contributed by atoms with E-state index in [2.05, 4.69) is 0 Å². The first-order valence-electron chi connectivity index (χ1n) is 13.9. The Balaban J connectivity index is 0.000000178. The molecule has 0 bridgehead atoms. The normalized spacial score (nSPS) is 12.2. The minimum Gasteiger partial charge on any atom is -0.505 e. The van der Waals surface area contributed by atoms with Crippen molar-refractivity contribution in [2.45, 2.75) is 19.6 Å². The number of phenolic OH excluding ortho intramolecular Hbond substituents is 1. The number of hydrogen-bond acceptors (Lipinski definition) is 14. The molecule has 0 fully saturated rings. The van der Waals surface area contributed by atoms with Crippen LogP contribution in [0, 0.1) is 0 Å². The van der Waals surface area contributed by atoms with E-state index in [1.54, 1.807) is 42.5 Å².